The maximum Gasteiger partial charge on any atom is 0.414 e. The topological polar surface area (TPSA) is 96.9 Å². The second kappa shape index (κ2) is 9.15. The van der Waals surface area contributed by atoms with E-state index in [2.05, 4.69) is 15.3 Å². The molecular weight excluding hydrogens is 405 g/mol. The Morgan fingerprint density at radius 2 is 2.13 bits per heavy atom. The van der Waals surface area contributed by atoms with Crippen LogP contribution in [0.5, 0.6) is 5.75 Å². The molecule has 2 atom stereocenters. The summed E-state index contributed by atoms with van der Waals surface area (Å²) in [7, 11) is 0. The highest BCUT2D eigenvalue weighted by Crippen LogP contribution is 2.29. The molecule has 1 unspecified atom stereocenters. The van der Waals surface area contributed by atoms with E-state index in [1.807, 2.05) is 4.90 Å². The molecule has 0 saturated carbocycles. The lowest BCUT2D eigenvalue weighted by molar-refractivity contribution is -0.119. The van der Waals surface area contributed by atoms with Crippen LogP contribution in [-0.4, -0.2) is 60.4 Å². The van der Waals surface area contributed by atoms with Crippen molar-refractivity contribution >= 4 is 23.6 Å². The van der Waals surface area contributed by atoms with Gasteiger partial charge in [0, 0.05) is 31.9 Å². The summed E-state index contributed by atoms with van der Waals surface area (Å²) in [4.78, 5) is 35.1. The van der Waals surface area contributed by atoms with Crippen LogP contribution >= 0.6 is 0 Å². The second-order valence-corrected chi connectivity index (χ2v) is 7.55. The first-order valence-corrected chi connectivity index (χ1v) is 10.2. The van der Waals surface area contributed by atoms with E-state index in [0.717, 1.165) is 19.4 Å². The number of carbonyl (C=O) groups excluding carboxylic acids is 2. The molecule has 4 rings (SSSR count). The molecular formula is C21H24FN5O4. The number of hydrogen-bond acceptors (Lipinski definition) is 7. The Kier molecular flexibility index (Phi) is 6.15. The van der Waals surface area contributed by atoms with Gasteiger partial charge >= 0.3 is 6.09 Å². The molecule has 2 fully saturated rings. The summed E-state index contributed by atoms with van der Waals surface area (Å²) in [6, 6.07) is 6.17. The molecule has 1 N–H and O–H groups in total. The minimum atomic E-state index is -0.575. The van der Waals surface area contributed by atoms with Gasteiger partial charge in [0.15, 0.2) is 11.6 Å². The Labute approximate surface area is 179 Å². The van der Waals surface area contributed by atoms with E-state index in [-0.39, 0.29) is 30.9 Å². The summed E-state index contributed by atoms with van der Waals surface area (Å²) in [6.45, 7) is 3.22. The van der Waals surface area contributed by atoms with Gasteiger partial charge in [-0.3, -0.25) is 9.69 Å². The highest BCUT2D eigenvalue weighted by Gasteiger charge is 2.33. The fourth-order valence-electron chi connectivity index (χ4n) is 3.70. The van der Waals surface area contributed by atoms with E-state index < -0.39 is 18.0 Å². The minimum absolute atomic E-state index is 0.131. The number of halogens is 1. The molecule has 9 nitrogen and oxygen atoms in total. The molecule has 0 radical (unpaired) electrons. The number of nitrogens with zero attached hydrogens (tertiary/aromatic N) is 4. The standard InChI is InChI=1S/C21H24FN5O4/c1-14(28)25-11-17-13-27(21(29)31-17)15-5-6-19(18(22)10-15)30-16-4-2-9-26(12-16)20-23-7-3-8-24-20/h3,5-8,10,16-17H,2,4,9,11-13H2,1H3,(H,25,28)/t16?,17-/m0/s1. The summed E-state index contributed by atoms with van der Waals surface area (Å²) in [6.07, 6.45) is 3.81. The van der Waals surface area contributed by atoms with Crippen LogP contribution in [0.2, 0.25) is 0 Å². The van der Waals surface area contributed by atoms with Crippen molar-refractivity contribution in [3.63, 3.8) is 0 Å². The van der Waals surface area contributed by atoms with Crippen molar-refractivity contribution in [1.29, 1.82) is 0 Å². The number of piperidine rings is 1. The summed E-state index contributed by atoms with van der Waals surface area (Å²) in [5.41, 5.74) is 0.378. The van der Waals surface area contributed by atoms with Gasteiger partial charge < -0.3 is 19.7 Å². The number of rotatable bonds is 6. The average molecular weight is 429 g/mol. The van der Waals surface area contributed by atoms with E-state index >= 15 is 0 Å². The first-order valence-electron chi connectivity index (χ1n) is 10.2. The first kappa shape index (κ1) is 20.8. The fraction of sp³-hybridized carbons (Fsp3) is 0.429. The highest BCUT2D eigenvalue weighted by molar-refractivity contribution is 5.90. The molecule has 31 heavy (non-hydrogen) atoms. The van der Waals surface area contributed by atoms with Gasteiger partial charge in [-0.1, -0.05) is 0 Å². The quantitative estimate of drug-likeness (QED) is 0.751. The van der Waals surface area contributed by atoms with Gasteiger partial charge in [-0.15, -0.1) is 0 Å². The lowest BCUT2D eigenvalue weighted by Gasteiger charge is -2.32. The predicted octanol–water partition coefficient (Wildman–Crippen LogP) is 2.12. The van der Waals surface area contributed by atoms with Crippen LogP contribution in [0.25, 0.3) is 0 Å². The van der Waals surface area contributed by atoms with Gasteiger partial charge in [0.1, 0.15) is 12.2 Å². The fourth-order valence-corrected chi connectivity index (χ4v) is 3.70. The monoisotopic (exact) mass is 429 g/mol. The molecule has 164 valence electrons. The van der Waals surface area contributed by atoms with Crippen molar-refractivity contribution in [3.8, 4) is 5.75 Å². The number of hydrogen-bond donors (Lipinski definition) is 1. The third-order valence-electron chi connectivity index (χ3n) is 5.19. The molecule has 2 saturated heterocycles. The molecule has 2 amide bonds. The van der Waals surface area contributed by atoms with Crippen LogP contribution in [0.15, 0.2) is 36.7 Å². The Hall–Kier alpha value is -3.43. The number of carbonyl (C=O) groups is 2. The second-order valence-electron chi connectivity index (χ2n) is 7.55. The summed E-state index contributed by atoms with van der Waals surface area (Å²) >= 11 is 0. The summed E-state index contributed by atoms with van der Waals surface area (Å²) < 4.78 is 25.9. The Morgan fingerprint density at radius 1 is 1.32 bits per heavy atom. The van der Waals surface area contributed by atoms with Crippen LogP contribution in [-0.2, 0) is 9.53 Å². The van der Waals surface area contributed by atoms with Crippen molar-refractivity contribution in [1.82, 2.24) is 15.3 Å². The van der Waals surface area contributed by atoms with Crippen LogP contribution in [0.3, 0.4) is 0 Å². The number of aromatic nitrogens is 2. The minimum Gasteiger partial charge on any atom is -0.486 e. The smallest absolute Gasteiger partial charge is 0.414 e. The molecule has 3 heterocycles. The molecule has 2 aromatic rings. The lowest BCUT2D eigenvalue weighted by Crippen LogP contribution is -2.42. The molecule has 0 spiro atoms. The zero-order valence-corrected chi connectivity index (χ0v) is 17.2. The van der Waals surface area contributed by atoms with Crippen LogP contribution in [0.1, 0.15) is 19.8 Å². The van der Waals surface area contributed by atoms with Crippen LogP contribution in [0, 0.1) is 5.82 Å². The average Bonchev–Trinajstić information content (AvgIpc) is 3.15. The Balaban J connectivity index is 1.39. The number of cyclic esters (lactones) is 1. The molecule has 2 aliphatic rings. The molecule has 1 aromatic heterocycles. The SMILES string of the molecule is CC(=O)NC[C@H]1CN(c2ccc(OC3CCCN(c4ncccn4)C3)c(F)c2)C(=O)O1. The normalized spacial score (nSPS) is 21.0. The number of anilines is 2. The van der Waals surface area contributed by atoms with Gasteiger partial charge in [-0.05, 0) is 31.0 Å². The Bertz CT molecular complexity index is 945. The Morgan fingerprint density at radius 3 is 2.87 bits per heavy atom. The zero-order chi connectivity index (χ0) is 21.8. The number of nitrogens with one attached hydrogen (secondary N) is 1. The number of amides is 2. The van der Waals surface area contributed by atoms with E-state index in [1.165, 1.54) is 24.0 Å². The van der Waals surface area contributed by atoms with E-state index in [9.17, 15) is 14.0 Å². The highest BCUT2D eigenvalue weighted by atomic mass is 19.1. The predicted molar refractivity (Wildman–Crippen MR) is 111 cm³/mol. The molecule has 0 aliphatic carbocycles. The van der Waals surface area contributed by atoms with Gasteiger partial charge in [-0.25, -0.2) is 19.2 Å². The van der Waals surface area contributed by atoms with E-state index in [4.69, 9.17) is 9.47 Å². The summed E-state index contributed by atoms with van der Waals surface area (Å²) in [5, 5.41) is 2.61. The third-order valence-corrected chi connectivity index (χ3v) is 5.19. The van der Waals surface area contributed by atoms with Crippen molar-refractivity contribution in [3.05, 3.63) is 42.5 Å². The number of ether oxygens (including phenoxy) is 2. The van der Waals surface area contributed by atoms with Gasteiger partial charge in [0.05, 0.1) is 25.3 Å². The lowest BCUT2D eigenvalue weighted by atomic mass is 10.1. The van der Waals surface area contributed by atoms with Gasteiger partial charge in [-0.2, -0.15) is 0 Å². The molecule has 10 heteroatoms. The molecule has 0 bridgehead atoms. The van der Waals surface area contributed by atoms with Crippen molar-refractivity contribution in [2.75, 3.05) is 36.0 Å². The first-order chi connectivity index (χ1) is 15.0. The zero-order valence-electron chi connectivity index (χ0n) is 17.2. The largest absolute Gasteiger partial charge is 0.486 e. The number of benzene rings is 1. The maximum atomic E-state index is 14.8. The molecule has 1 aromatic carbocycles. The van der Waals surface area contributed by atoms with Gasteiger partial charge in [0.25, 0.3) is 0 Å². The van der Waals surface area contributed by atoms with Crippen LogP contribution < -0.4 is 19.9 Å². The van der Waals surface area contributed by atoms with Crippen molar-refractivity contribution in [2.24, 2.45) is 0 Å². The maximum absolute atomic E-state index is 14.8. The summed E-state index contributed by atoms with van der Waals surface area (Å²) in [5.74, 6) is 0.00534. The van der Waals surface area contributed by atoms with E-state index in [0.29, 0.717) is 18.2 Å². The van der Waals surface area contributed by atoms with Crippen molar-refractivity contribution in [2.45, 2.75) is 32.0 Å². The van der Waals surface area contributed by atoms with E-state index in [1.54, 1.807) is 24.5 Å². The van der Waals surface area contributed by atoms with Crippen LogP contribution in [0.4, 0.5) is 20.8 Å². The third kappa shape index (κ3) is 5.01. The van der Waals surface area contributed by atoms with Crippen molar-refractivity contribution < 1.29 is 23.5 Å². The molecule has 2 aliphatic heterocycles. The van der Waals surface area contributed by atoms with Gasteiger partial charge in [0.2, 0.25) is 11.9 Å².